The molecule has 7 nitrogen and oxygen atoms in total. The predicted molar refractivity (Wildman–Crippen MR) is 74.5 cm³/mol. The van der Waals surface area contributed by atoms with Crippen molar-refractivity contribution in [1.29, 1.82) is 0 Å². The van der Waals surface area contributed by atoms with E-state index in [0.29, 0.717) is 25.1 Å². The Morgan fingerprint density at radius 1 is 1.40 bits per heavy atom. The molecule has 20 heavy (non-hydrogen) atoms. The summed E-state index contributed by atoms with van der Waals surface area (Å²) >= 11 is 0. The van der Waals surface area contributed by atoms with E-state index >= 15 is 0 Å². The smallest absolute Gasteiger partial charge is 0.318 e. The van der Waals surface area contributed by atoms with Gasteiger partial charge in [-0.25, -0.2) is 0 Å². The molecule has 1 heterocycles. The second kappa shape index (κ2) is 7.56. The van der Waals surface area contributed by atoms with Gasteiger partial charge < -0.3 is 24.5 Å². The monoisotopic (exact) mass is 284 g/mol. The third-order valence-electron chi connectivity index (χ3n) is 3.71. The van der Waals surface area contributed by atoms with Crippen LogP contribution in [0.2, 0.25) is 0 Å². The van der Waals surface area contributed by atoms with Crippen LogP contribution >= 0.6 is 0 Å². The number of rotatable bonds is 7. The molecule has 7 heteroatoms. The number of likely N-dealkylation sites (N-methyl/N-ethyl adjacent to an activating group) is 1. The minimum Gasteiger partial charge on any atom is -0.407 e. The van der Waals surface area contributed by atoms with E-state index in [1.165, 1.54) is 0 Å². The maximum Gasteiger partial charge on any atom is 0.318 e. The molecule has 2 rings (SSSR count). The zero-order valence-corrected chi connectivity index (χ0v) is 12.2. The summed E-state index contributed by atoms with van der Waals surface area (Å²) in [5.74, 6) is 0.549. The number of anilines is 1. The second-order valence-corrected chi connectivity index (χ2v) is 5.18. The Hall–Kier alpha value is -1.18. The van der Waals surface area contributed by atoms with Crippen LogP contribution in [-0.4, -0.2) is 54.8 Å². The van der Waals surface area contributed by atoms with Crippen molar-refractivity contribution in [2.24, 2.45) is 0 Å². The first-order valence-corrected chi connectivity index (χ1v) is 7.15. The third-order valence-corrected chi connectivity index (χ3v) is 3.71. The number of ether oxygens (including phenoxy) is 1. The third kappa shape index (κ3) is 3.91. The minimum absolute atomic E-state index is 0.0681. The van der Waals surface area contributed by atoms with E-state index in [2.05, 4.69) is 15.5 Å². The van der Waals surface area contributed by atoms with Gasteiger partial charge in [0.1, 0.15) is 0 Å². The maximum absolute atomic E-state index is 10.1. The molecule has 2 atom stereocenters. The quantitative estimate of drug-likeness (QED) is 0.707. The number of nitrogens with zero attached hydrogens (tertiary/aromatic N) is 3. The summed E-state index contributed by atoms with van der Waals surface area (Å²) in [6.45, 7) is 1.91. The zero-order valence-electron chi connectivity index (χ0n) is 12.2. The van der Waals surface area contributed by atoms with Gasteiger partial charge in [0.05, 0.1) is 25.3 Å². The average Bonchev–Trinajstić information content (AvgIpc) is 2.92. The van der Waals surface area contributed by atoms with Gasteiger partial charge in [-0.1, -0.05) is 17.9 Å². The molecular weight excluding hydrogens is 260 g/mol. The van der Waals surface area contributed by atoms with Crippen molar-refractivity contribution in [3.63, 3.8) is 0 Å². The molecule has 0 radical (unpaired) electrons. The Labute approximate surface area is 119 Å². The van der Waals surface area contributed by atoms with E-state index in [9.17, 15) is 5.11 Å². The first-order valence-electron chi connectivity index (χ1n) is 7.15. The molecule has 0 spiro atoms. The number of aromatic nitrogens is 2. The fourth-order valence-electron chi connectivity index (χ4n) is 2.51. The topological polar surface area (TPSA) is 83.7 Å². The molecule has 0 bridgehead atoms. The number of hydrogen-bond donors (Lipinski definition) is 2. The van der Waals surface area contributed by atoms with Crippen molar-refractivity contribution in [2.75, 3.05) is 32.2 Å². The predicted octanol–water partition coefficient (Wildman–Crippen LogP) is 0.545. The van der Waals surface area contributed by atoms with Gasteiger partial charge in [0.2, 0.25) is 5.89 Å². The van der Waals surface area contributed by atoms with Crippen LogP contribution in [0.15, 0.2) is 4.42 Å². The highest BCUT2D eigenvalue weighted by atomic mass is 16.5. The van der Waals surface area contributed by atoms with Gasteiger partial charge in [-0.3, -0.25) is 0 Å². The van der Waals surface area contributed by atoms with Gasteiger partial charge in [0.25, 0.3) is 0 Å². The molecule has 0 saturated heterocycles. The summed E-state index contributed by atoms with van der Waals surface area (Å²) < 4.78 is 10.6. The number of aliphatic hydroxyl groups is 1. The molecule has 1 aromatic rings. The van der Waals surface area contributed by atoms with Gasteiger partial charge in [-0.2, -0.15) is 0 Å². The van der Waals surface area contributed by atoms with Crippen LogP contribution in [0, 0.1) is 0 Å². The Morgan fingerprint density at radius 2 is 2.20 bits per heavy atom. The van der Waals surface area contributed by atoms with Crippen molar-refractivity contribution in [2.45, 2.75) is 44.4 Å². The Balaban J connectivity index is 1.87. The number of aliphatic hydroxyl groups excluding tert-OH is 1. The minimum atomic E-state index is -0.316. The van der Waals surface area contributed by atoms with Crippen LogP contribution in [0.25, 0.3) is 0 Å². The maximum atomic E-state index is 10.1. The van der Waals surface area contributed by atoms with Gasteiger partial charge in [-0.05, 0) is 12.8 Å². The molecule has 1 aromatic heterocycles. The van der Waals surface area contributed by atoms with E-state index in [-0.39, 0.29) is 12.1 Å². The molecule has 1 fully saturated rings. The van der Waals surface area contributed by atoms with Crippen molar-refractivity contribution >= 4 is 6.01 Å². The lowest BCUT2D eigenvalue weighted by Crippen LogP contribution is -2.43. The SMILES string of the molecule is COCCNCc1nnc(N(C)C2CCCCC2O)o1. The first-order chi connectivity index (χ1) is 9.72. The summed E-state index contributed by atoms with van der Waals surface area (Å²) in [4.78, 5) is 1.90. The van der Waals surface area contributed by atoms with Gasteiger partial charge in [-0.15, -0.1) is 5.10 Å². The van der Waals surface area contributed by atoms with Crippen molar-refractivity contribution < 1.29 is 14.3 Å². The summed E-state index contributed by atoms with van der Waals surface area (Å²) in [5.41, 5.74) is 0. The highest BCUT2D eigenvalue weighted by Gasteiger charge is 2.29. The highest BCUT2D eigenvalue weighted by Crippen LogP contribution is 2.25. The van der Waals surface area contributed by atoms with E-state index < -0.39 is 0 Å². The van der Waals surface area contributed by atoms with Crippen LogP contribution in [-0.2, 0) is 11.3 Å². The van der Waals surface area contributed by atoms with E-state index in [4.69, 9.17) is 9.15 Å². The van der Waals surface area contributed by atoms with Crippen LogP contribution in [0.5, 0.6) is 0 Å². The Morgan fingerprint density at radius 3 is 2.95 bits per heavy atom. The van der Waals surface area contributed by atoms with Gasteiger partial charge in [0, 0.05) is 20.7 Å². The molecule has 0 aromatic carbocycles. The van der Waals surface area contributed by atoms with E-state index in [1.807, 2.05) is 11.9 Å². The van der Waals surface area contributed by atoms with Gasteiger partial charge in [0.15, 0.2) is 0 Å². The zero-order chi connectivity index (χ0) is 14.4. The molecule has 114 valence electrons. The van der Waals surface area contributed by atoms with Crippen molar-refractivity contribution in [1.82, 2.24) is 15.5 Å². The lowest BCUT2D eigenvalue weighted by Gasteiger charge is -2.33. The second-order valence-electron chi connectivity index (χ2n) is 5.18. The standard InChI is InChI=1S/C13H24N4O3/c1-17(10-5-3-4-6-11(10)18)13-16-15-12(20-13)9-14-7-8-19-2/h10-11,14,18H,3-9H2,1-2H3. The van der Waals surface area contributed by atoms with Crippen LogP contribution in [0.1, 0.15) is 31.6 Å². The summed E-state index contributed by atoms with van der Waals surface area (Å²) in [6, 6.07) is 0.540. The fraction of sp³-hybridized carbons (Fsp3) is 0.846. The highest BCUT2D eigenvalue weighted by molar-refractivity contribution is 5.25. The first kappa shape index (κ1) is 15.2. The van der Waals surface area contributed by atoms with Crippen LogP contribution in [0.4, 0.5) is 6.01 Å². The van der Waals surface area contributed by atoms with Gasteiger partial charge >= 0.3 is 6.01 Å². The largest absolute Gasteiger partial charge is 0.407 e. The fourth-order valence-corrected chi connectivity index (χ4v) is 2.51. The summed E-state index contributed by atoms with van der Waals surface area (Å²) in [6.07, 6.45) is 3.70. The normalized spacial score (nSPS) is 22.9. The average molecular weight is 284 g/mol. The number of hydrogen-bond acceptors (Lipinski definition) is 7. The van der Waals surface area contributed by atoms with E-state index in [1.54, 1.807) is 7.11 Å². The van der Waals surface area contributed by atoms with E-state index in [0.717, 1.165) is 32.2 Å². The van der Waals surface area contributed by atoms with Crippen molar-refractivity contribution in [3.8, 4) is 0 Å². The van der Waals surface area contributed by atoms with Crippen LogP contribution in [0.3, 0.4) is 0 Å². The lowest BCUT2D eigenvalue weighted by molar-refractivity contribution is 0.104. The molecule has 1 aliphatic carbocycles. The lowest BCUT2D eigenvalue weighted by atomic mass is 9.92. The number of methoxy groups -OCH3 is 1. The van der Waals surface area contributed by atoms with Crippen molar-refractivity contribution in [3.05, 3.63) is 5.89 Å². The molecular formula is C13H24N4O3. The Bertz CT molecular complexity index is 399. The Kier molecular flexibility index (Phi) is 5.75. The summed E-state index contributed by atoms with van der Waals surface area (Å²) in [5, 5.41) is 21.3. The molecule has 0 amide bonds. The summed E-state index contributed by atoms with van der Waals surface area (Å²) in [7, 11) is 3.56. The van der Waals surface area contributed by atoms with Crippen LogP contribution < -0.4 is 10.2 Å². The molecule has 2 unspecified atom stereocenters. The molecule has 0 aliphatic heterocycles. The molecule has 1 saturated carbocycles. The molecule has 2 N–H and O–H groups in total. The number of nitrogens with one attached hydrogen (secondary N) is 1. The molecule has 1 aliphatic rings.